The summed E-state index contributed by atoms with van der Waals surface area (Å²) in [7, 11) is 0. The SMILES string of the molecule is CCOC(=O)[C@H]1[C@H](C2O[C@@H]3OC(C)(C)O[C@@H]3[C@H]2Oc2ccccc2)[C@@H](C(=O)OCC)N[C@H]1c1cccc([N+](=O)[O-])c1. The molecule has 0 aliphatic carbocycles. The van der Waals surface area contributed by atoms with Crippen LogP contribution in [0.3, 0.4) is 0 Å². The number of carbonyl (C=O) groups excluding carboxylic acids is 2. The van der Waals surface area contributed by atoms with Crippen molar-refractivity contribution in [1.29, 1.82) is 0 Å². The Bertz CT molecular complexity index is 1270. The Balaban J connectivity index is 1.59. The van der Waals surface area contributed by atoms with Crippen LogP contribution in [-0.4, -0.2) is 66.5 Å². The van der Waals surface area contributed by atoms with E-state index in [9.17, 15) is 19.7 Å². The number of carbonyl (C=O) groups is 2. The molecule has 0 amide bonds. The summed E-state index contributed by atoms with van der Waals surface area (Å²) in [5.74, 6) is -3.45. The van der Waals surface area contributed by atoms with E-state index < -0.39 is 71.2 Å². The van der Waals surface area contributed by atoms with Gasteiger partial charge in [-0.25, -0.2) is 0 Å². The molecule has 220 valence electrons. The van der Waals surface area contributed by atoms with Gasteiger partial charge in [-0.3, -0.25) is 25.0 Å². The van der Waals surface area contributed by atoms with Gasteiger partial charge >= 0.3 is 11.9 Å². The van der Waals surface area contributed by atoms with Gasteiger partial charge in [-0.15, -0.1) is 0 Å². The Morgan fingerprint density at radius 2 is 1.68 bits per heavy atom. The molecule has 3 fully saturated rings. The van der Waals surface area contributed by atoms with E-state index in [1.807, 2.05) is 18.2 Å². The Labute approximate surface area is 237 Å². The van der Waals surface area contributed by atoms with Crippen LogP contribution in [0.15, 0.2) is 54.6 Å². The van der Waals surface area contributed by atoms with Gasteiger partial charge in [0.25, 0.3) is 5.69 Å². The Kier molecular flexibility index (Phi) is 8.28. The number of nitro benzene ring substituents is 1. The lowest BCUT2D eigenvalue weighted by molar-refractivity contribution is -0.384. The van der Waals surface area contributed by atoms with E-state index in [-0.39, 0.29) is 18.9 Å². The van der Waals surface area contributed by atoms with Gasteiger partial charge in [0.2, 0.25) is 0 Å². The zero-order valence-corrected chi connectivity index (χ0v) is 23.3. The van der Waals surface area contributed by atoms with Crippen LogP contribution in [0.2, 0.25) is 0 Å². The minimum atomic E-state index is -1.03. The van der Waals surface area contributed by atoms with Crippen molar-refractivity contribution >= 4 is 17.6 Å². The van der Waals surface area contributed by atoms with Crippen molar-refractivity contribution in [2.24, 2.45) is 11.8 Å². The minimum Gasteiger partial charge on any atom is -0.485 e. The Morgan fingerprint density at radius 3 is 2.37 bits per heavy atom. The number of rotatable bonds is 9. The molecular formula is C29H34N2O10. The van der Waals surface area contributed by atoms with E-state index >= 15 is 0 Å². The predicted molar refractivity (Wildman–Crippen MR) is 143 cm³/mol. The molecule has 1 N–H and O–H groups in total. The summed E-state index contributed by atoms with van der Waals surface area (Å²) in [5.41, 5.74) is 0.297. The molecule has 2 aromatic rings. The lowest BCUT2D eigenvalue weighted by Crippen LogP contribution is -2.50. The number of esters is 2. The summed E-state index contributed by atoms with van der Waals surface area (Å²) in [6, 6.07) is 13.2. The number of non-ortho nitro benzene ring substituents is 1. The average Bonchev–Trinajstić information content (AvgIpc) is 3.58. The van der Waals surface area contributed by atoms with E-state index in [0.29, 0.717) is 11.3 Å². The van der Waals surface area contributed by atoms with Crippen molar-refractivity contribution < 1.29 is 42.9 Å². The second kappa shape index (κ2) is 11.7. The number of fused-ring (bicyclic) bond motifs is 1. The molecule has 41 heavy (non-hydrogen) atoms. The molecule has 2 aromatic carbocycles. The molecule has 1 unspecified atom stereocenters. The zero-order valence-electron chi connectivity index (χ0n) is 23.3. The largest absolute Gasteiger partial charge is 0.485 e. The fraction of sp³-hybridized carbons (Fsp3) is 0.517. The van der Waals surface area contributed by atoms with E-state index in [1.54, 1.807) is 45.9 Å². The molecule has 3 saturated heterocycles. The van der Waals surface area contributed by atoms with Crippen LogP contribution in [0.5, 0.6) is 5.75 Å². The number of para-hydroxylation sites is 1. The quantitative estimate of drug-likeness (QED) is 0.269. The van der Waals surface area contributed by atoms with Crippen LogP contribution in [0.1, 0.15) is 39.3 Å². The number of ether oxygens (including phenoxy) is 6. The number of nitrogens with zero attached hydrogens (tertiary/aromatic N) is 1. The molecular weight excluding hydrogens is 536 g/mol. The Morgan fingerprint density at radius 1 is 0.976 bits per heavy atom. The molecule has 3 aliphatic heterocycles. The molecule has 12 heteroatoms. The molecule has 12 nitrogen and oxygen atoms in total. The number of nitrogens with one attached hydrogen (secondary N) is 1. The van der Waals surface area contributed by atoms with Crippen molar-refractivity contribution in [1.82, 2.24) is 5.32 Å². The molecule has 0 aromatic heterocycles. The fourth-order valence-electron chi connectivity index (χ4n) is 5.96. The second-order valence-electron chi connectivity index (χ2n) is 10.5. The van der Waals surface area contributed by atoms with Crippen LogP contribution >= 0.6 is 0 Å². The van der Waals surface area contributed by atoms with Gasteiger partial charge in [-0.1, -0.05) is 30.3 Å². The van der Waals surface area contributed by atoms with E-state index in [2.05, 4.69) is 5.32 Å². The van der Waals surface area contributed by atoms with Gasteiger partial charge in [0, 0.05) is 24.1 Å². The van der Waals surface area contributed by atoms with Gasteiger partial charge in [0.1, 0.15) is 17.9 Å². The van der Waals surface area contributed by atoms with Crippen LogP contribution in [-0.2, 0) is 33.3 Å². The summed E-state index contributed by atoms with van der Waals surface area (Å²) in [6.07, 6.45) is -3.17. The fourth-order valence-corrected chi connectivity index (χ4v) is 5.96. The molecule has 3 aliphatic rings. The van der Waals surface area contributed by atoms with Gasteiger partial charge in [0.15, 0.2) is 24.3 Å². The molecule has 0 saturated carbocycles. The molecule has 3 heterocycles. The highest BCUT2D eigenvalue weighted by atomic mass is 16.8. The van der Waals surface area contributed by atoms with Gasteiger partial charge in [-0.2, -0.15) is 0 Å². The first-order chi connectivity index (χ1) is 19.6. The highest BCUT2D eigenvalue weighted by Crippen LogP contribution is 2.48. The first kappa shape index (κ1) is 28.9. The second-order valence-corrected chi connectivity index (χ2v) is 10.5. The first-order valence-corrected chi connectivity index (χ1v) is 13.7. The van der Waals surface area contributed by atoms with Crippen molar-refractivity contribution in [3.63, 3.8) is 0 Å². The van der Waals surface area contributed by atoms with Crippen LogP contribution in [0.4, 0.5) is 5.69 Å². The topological polar surface area (TPSA) is 145 Å². The molecule has 5 rings (SSSR count). The van der Waals surface area contributed by atoms with Gasteiger partial charge in [0.05, 0.1) is 24.1 Å². The highest BCUT2D eigenvalue weighted by molar-refractivity contribution is 5.82. The van der Waals surface area contributed by atoms with Crippen molar-refractivity contribution in [2.75, 3.05) is 13.2 Å². The summed E-state index contributed by atoms with van der Waals surface area (Å²) in [4.78, 5) is 38.1. The van der Waals surface area contributed by atoms with Crippen molar-refractivity contribution in [2.45, 2.75) is 70.2 Å². The normalized spacial score (nSPS) is 31.8. The number of nitro groups is 1. The average molecular weight is 571 g/mol. The summed E-state index contributed by atoms with van der Waals surface area (Å²) in [6.45, 7) is 7.10. The first-order valence-electron chi connectivity index (χ1n) is 13.7. The number of benzene rings is 2. The van der Waals surface area contributed by atoms with Crippen molar-refractivity contribution in [3.05, 3.63) is 70.3 Å². The standard InChI is InChI=1S/C29H34N2O10/c1-5-36-26(32)20-19(22(27(33)37-6-2)30-21(20)16-11-10-12-17(15-16)31(34)35)23-24(38-18-13-8-7-9-14-18)25-28(39-23)41-29(3,4)40-25/h7-15,19-25,28,30H,5-6H2,1-4H3/t19-,20-,21-,22-,23?,24-,25+,28+/m0/s1. The highest BCUT2D eigenvalue weighted by Gasteiger charge is 2.64. The number of hydrogen-bond acceptors (Lipinski definition) is 11. The smallest absolute Gasteiger partial charge is 0.323 e. The monoisotopic (exact) mass is 570 g/mol. The third-order valence-corrected chi connectivity index (χ3v) is 7.48. The predicted octanol–water partition coefficient (Wildman–Crippen LogP) is 3.29. The molecule has 0 bridgehead atoms. The number of hydrogen-bond donors (Lipinski definition) is 1. The third kappa shape index (κ3) is 5.78. The van der Waals surface area contributed by atoms with Gasteiger partial charge in [-0.05, 0) is 45.4 Å². The Hall–Kier alpha value is -3.58. The summed E-state index contributed by atoms with van der Waals surface area (Å²) in [5, 5.41) is 14.8. The van der Waals surface area contributed by atoms with Crippen molar-refractivity contribution in [3.8, 4) is 5.75 Å². The maximum absolute atomic E-state index is 13.6. The summed E-state index contributed by atoms with van der Waals surface area (Å²) >= 11 is 0. The van der Waals surface area contributed by atoms with E-state index in [0.717, 1.165) is 0 Å². The zero-order chi connectivity index (χ0) is 29.3. The molecule has 0 radical (unpaired) electrons. The lowest BCUT2D eigenvalue weighted by atomic mass is 9.79. The molecule has 0 spiro atoms. The maximum atomic E-state index is 13.6. The third-order valence-electron chi connectivity index (χ3n) is 7.48. The van der Waals surface area contributed by atoms with Crippen LogP contribution in [0, 0.1) is 22.0 Å². The summed E-state index contributed by atoms with van der Waals surface area (Å²) < 4.78 is 35.9. The minimum absolute atomic E-state index is 0.0922. The van der Waals surface area contributed by atoms with Crippen LogP contribution in [0.25, 0.3) is 0 Å². The van der Waals surface area contributed by atoms with E-state index in [1.165, 1.54) is 18.2 Å². The van der Waals surface area contributed by atoms with Gasteiger partial charge < -0.3 is 28.4 Å². The molecule has 8 atom stereocenters. The van der Waals surface area contributed by atoms with Crippen LogP contribution < -0.4 is 10.1 Å². The van der Waals surface area contributed by atoms with E-state index in [4.69, 9.17) is 28.4 Å². The lowest BCUT2D eigenvalue weighted by Gasteiger charge is -2.33. The maximum Gasteiger partial charge on any atom is 0.323 e.